The highest BCUT2D eigenvalue weighted by molar-refractivity contribution is 6.33. The first-order chi connectivity index (χ1) is 17.8. The van der Waals surface area contributed by atoms with Gasteiger partial charge in [0.25, 0.3) is 0 Å². The van der Waals surface area contributed by atoms with Gasteiger partial charge in [-0.2, -0.15) is 13.2 Å². The summed E-state index contributed by atoms with van der Waals surface area (Å²) in [6.45, 7) is 7.06. The van der Waals surface area contributed by atoms with E-state index in [0.717, 1.165) is 12.1 Å². The molecular weight excluding hydrogens is 517 g/mol. The number of pyridine rings is 1. The number of hydrogen-bond acceptors (Lipinski definition) is 6. The molecule has 3 heterocycles. The highest BCUT2D eigenvalue weighted by Crippen LogP contribution is 2.36. The molecule has 0 bridgehead atoms. The van der Waals surface area contributed by atoms with Gasteiger partial charge in [0, 0.05) is 42.7 Å². The summed E-state index contributed by atoms with van der Waals surface area (Å²) >= 11 is 6.42. The van der Waals surface area contributed by atoms with Gasteiger partial charge < -0.3 is 16.0 Å². The zero-order valence-electron chi connectivity index (χ0n) is 21.4. The number of nitrogens with zero attached hydrogens (tertiary/aromatic N) is 4. The third kappa shape index (κ3) is 6.24. The van der Waals surface area contributed by atoms with Gasteiger partial charge in [-0.05, 0) is 36.5 Å². The molecule has 0 unspecified atom stereocenters. The molecule has 1 fully saturated rings. The zero-order valence-corrected chi connectivity index (χ0v) is 22.1. The van der Waals surface area contributed by atoms with Gasteiger partial charge in [-0.15, -0.1) is 0 Å². The van der Waals surface area contributed by atoms with E-state index in [1.54, 1.807) is 18.5 Å². The fourth-order valence-electron chi connectivity index (χ4n) is 4.25. The Morgan fingerprint density at radius 2 is 1.74 bits per heavy atom. The van der Waals surface area contributed by atoms with Crippen LogP contribution >= 0.6 is 11.6 Å². The monoisotopic (exact) mass is 546 g/mol. The van der Waals surface area contributed by atoms with Crippen molar-refractivity contribution in [3.8, 4) is 22.5 Å². The molecule has 1 aromatic carbocycles. The molecule has 0 radical (unpaired) electrons. The predicted molar refractivity (Wildman–Crippen MR) is 142 cm³/mol. The van der Waals surface area contributed by atoms with Gasteiger partial charge in [0.1, 0.15) is 11.5 Å². The molecule has 1 aliphatic rings. The minimum atomic E-state index is -4.44. The normalized spacial score (nSPS) is 15.8. The van der Waals surface area contributed by atoms with Crippen molar-refractivity contribution in [1.82, 2.24) is 20.3 Å². The van der Waals surface area contributed by atoms with Crippen LogP contribution in [0.4, 0.5) is 19.0 Å². The van der Waals surface area contributed by atoms with E-state index in [9.17, 15) is 18.0 Å². The lowest BCUT2D eigenvalue weighted by Gasteiger charge is -2.35. The average molecular weight is 547 g/mol. The zero-order chi connectivity index (χ0) is 27.7. The Balaban J connectivity index is 1.58. The van der Waals surface area contributed by atoms with Crippen molar-refractivity contribution in [1.29, 1.82) is 0 Å². The molecule has 1 saturated heterocycles. The second kappa shape index (κ2) is 10.9. The lowest BCUT2D eigenvalue weighted by atomic mass is 9.86. The summed E-state index contributed by atoms with van der Waals surface area (Å²) in [6, 6.07) is 5.89. The van der Waals surface area contributed by atoms with Gasteiger partial charge >= 0.3 is 6.18 Å². The van der Waals surface area contributed by atoms with E-state index < -0.39 is 17.8 Å². The number of carbonyl (C=O) groups excluding carboxylic acids is 1. The van der Waals surface area contributed by atoms with Gasteiger partial charge in [0.15, 0.2) is 0 Å². The molecule has 3 aromatic rings. The molecule has 2 aromatic heterocycles. The van der Waals surface area contributed by atoms with Crippen LogP contribution in [-0.4, -0.2) is 46.0 Å². The van der Waals surface area contributed by atoms with Crippen molar-refractivity contribution in [3.05, 3.63) is 59.5 Å². The lowest BCUT2D eigenvalue weighted by Crippen LogP contribution is -2.53. The van der Waals surface area contributed by atoms with E-state index in [4.69, 9.17) is 22.3 Å². The molecule has 1 aliphatic heterocycles. The number of alkyl halides is 3. The van der Waals surface area contributed by atoms with Crippen LogP contribution in [0.3, 0.4) is 0 Å². The summed E-state index contributed by atoms with van der Waals surface area (Å²) < 4.78 is 39.2. The maximum atomic E-state index is 13.1. The first-order valence-corrected chi connectivity index (χ1v) is 12.7. The van der Waals surface area contributed by atoms with Gasteiger partial charge in [-0.1, -0.05) is 44.5 Å². The Kier molecular flexibility index (Phi) is 7.94. The number of halogens is 4. The fourth-order valence-corrected chi connectivity index (χ4v) is 4.46. The highest BCUT2D eigenvalue weighted by atomic mass is 35.5. The molecule has 1 amide bonds. The molecule has 202 valence electrons. The van der Waals surface area contributed by atoms with E-state index in [1.807, 2.05) is 20.8 Å². The molecular formula is C27H30ClF3N6O. The molecule has 3 N–H and O–H groups in total. The van der Waals surface area contributed by atoms with Crippen molar-refractivity contribution in [2.45, 2.75) is 51.9 Å². The quantitative estimate of drug-likeness (QED) is 0.448. The second-order valence-electron chi connectivity index (χ2n) is 10.5. The Morgan fingerprint density at radius 3 is 2.32 bits per heavy atom. The molecule has 0 aliphatic carbocycles. The van der Waals surface area contributed by atoms with E-state index >= 15 is 0 Å². The van der Waals surface area contributed by atoms with Gasteiger partial charge in [-0.25, -0.2) is 4.98 Å². The fraction of sp³-hybridized carbons (Fsp3) is 0.407. The standard InChI is InChI=1S/C27H30ClF3N6O/c1-26(2,3)24(32)25(38)35-18-9-12-37(13-10-18)21-15-34-22(16-4-6-17(7-5-16)27(29,30)31)23(36-21)19-8-11-33-14-20(19)28/h4-8,11,14-15,18,24H,9-10,12-13,32H2,1-3H3,(H,35,38)/t24-/m1/s1. The van der Waals surface area contributed by atoms with Crippen molar-refractivity contribution < 1.29 is 18.0 Å². The third-order valence-corrected chi connectivity index (χ3v) is 6.96. The summed E-state index contributed by atoms with van der Waals surface area (Å²) in [6.07, 6.45) is 1.64. The number of amides is 1. The van der Waals surface area contributed by atoms with Crippen LogP contribution < -0.4 is 16.0 Å². The number of hydrogen-bond donors (Lipinski definition) is 2. The lowest BCUT2D eigenvalue weighted by molar-refractivity contribution is -0.137. The maximum Gasteiger partial charge on any atom is 0.416 e. The minimum Gasteiger partial charge on any atom is -0.355 e. The summed E-state index contributed by atoms with van der Waals surface area (Å²) in [5, 5.41) is 3.41. The summed E-state index contributed by atoms with van der Waals surface area (Å²) in [5.41, 5.74) is 6.93. The number of aromatic nitrogens is 3. The topological polar surface area (TPSA) is 97.0 Å². The van der Waals surface area contributed by atoms with Crippen molar-refractivity contribution in [2.24, 2.45) is 11.1 Å². The number of nitrogens with one attached hydrogen (secondary N) is 1. The minimum absolute atomic E-state index is 0.000595. The Morgan fingerprint density at radius 1 is 1.08 bits per heavy atom. The summed E-state index contributed by atoms with van der Waals surface area (Å²) in [5.74, 6) is 0.450. The van der Waals surface area contributed by atoms with E-state index in [2.05, 4.69) is 20.2 Å². The van der Waals surface area contributed by atoms with E-state index in [0.29, 0.717) is 59.3 Å². The van der Waals surface area contributed by atoms with Crippen LogP contribution in [0, 0.1) is 5.41 Å². The van der Waals surface area contributed by atoms with Gasteiger partial charge in [-0.3, -0.25) is 14.8 Å². The van der Waals surface area contributed by atoms with Crippen LogP contribution in [0.25, 0.3) is 22.5 Å². The Hall–Kier alpha value is -3.24. The van der Waals surface area contributed by atoms with E-state index in [-0.39, 0.29) is 17.4 Å². The molecule has 1 atom stereocenters. The number of anilines is 1. The smallest absolute Gasteiger partial charge is 0.355 e. The number of piperidine rings is 1. The molecule has 4 rings (SSSR count). The van der Waals surface area contributed by atoms with Crippen molar-refractivity contribution in [3.63, 3.8) is 0 Å². The number of carbonyl (C=O) groups is 1. The maximum absolute atomic E-state index is 13.1. The largest absolute Gasteiger partial charge is 0.416 e. The number of nitrogens with two attached hydrogens (primary N) is 1. The molecule has 11 heteroatoms. The average Bonchev–Trinajstić information content (AvgIpc) is 2.88. The van der Waals surface area contributed by atoms with E-state index in [1.165, 1.54) is 18.3 Å². The Labute approximate surface area is 224 Å². The SMILES string of the molecule is CC(C)(C)[C@H](N)C(=O)NC1CCN(c2cnc(-c3ccc(C(F)(F)F)cc3)c(-c3ccncc3Cl)n2)CC1. The predicted octanol–water partition coefficient (Wildman–Crippen LogP) is 5.34. The van der Waals surface area contributed by atoms with Gasteiger partial charge in [0.05, 0.1) is 28.5 Å². The van der Waals surface area contributed by atoms with Crippen LogP contribution in [-0.2, 0) is 11.0 Å². The molecule has 0 saturated carbocycles. The molecule has 38 heavy (non-hydrogen) atoms. The number of benzene rings is 1. The summed E-state index contributed by atoms with van der Waals surface area (Å²) in [7, 11) is 0. The summed E-state index contributed by atoms with van der Waals surface area (Å²) in [4.78, 5) is 28.1. The highest BCUT2D eigenvalue weighted by Gasteiger charge is 2.31. The van der Waals surface area contributed by atoms with Crippen LogP contribution in [0.1, 0.15) is 39.2 Å². The van der Waals surface area contributed by atoms with Crippen molar-refractivity contribution >= 4 is 23.3 Å². The van der Waals surface area contributed by atoms with Gasteiger partial charge in [0.2, 0.25) is 5.91 Å². The van der Waals surface area contributed by atoms with Crippen LogP contribution in [0.5, 0.6) is 0 Å². The van der Waals surface area contributed by atoms with Crippen LogP contribution in [0.15, 0.2) is 48.9 Å². The molecule has 7 nitrogen and oxygen atoms in total. The number of rotatable bonds is 5. The van der Waals surface area contributed by atoms with Crippen molar-refractivity contribution in [2.75, 3.05) is 18.0 Å². The first kappa shape index (κ1) is 27.8. The molecule has 0 spiro atoms. The first-order valence-electron chi connectivity index (χ1n) is 12.3. The Bertz CT molecular complexity index is 1290. The van der Waals surface area contributed by atoms with Crippen LogP contribution in [0.2, 0.25) is 5.02 Å². The third-order valence-electron chi connectivity index (χ3n) is 6.65. The second-order valence-corrected chi connectivity index (χ2v) is 10.9.